The SMILES string of the molecule is COc1cc(CN)c(OC(F)(F)F)c(I)n1. The molecule has 0 saturated heterocycles. The molecule has 0 atom stereocenters. The van der Waals surface area contributed by atoms with Crippen LogP contribution in [-0.4, -0.2) is 18.5 Å². The first-order chi connectivity index (χ1) is 7.37. The van der Waals surface area contributed by atoms with Crippen LogP contribution in [0.4, 0.5) is 13.2 Å². The van der Waals surface area contributed by atoms with Crippen LogP contribution in [0.25, 0.3) is 0 Å². The van der Waals surface area contributed by atoms with E-state index in [2.05, 4.69) is 9.72 Å². The molecule has 90 valence electrons. The third kappa shape index (κ3) is 3.37. The molecule has 0 aliphatic carbocycles. The highest BCUT2D eigenvalue weighted by Crippen LogP contribution is 2.32. The van der Waals surface area contributed by atoms with Crippen molar-refractivity contribution in [2.75, 3.05) is 7.11 Å². The molecule has 1 aromatic heterocycles. The maximum Gasteiger partial charge on any atom is 0.573 e. The molecule has 0 spiro atoms. The summed E-state index contributed by atoms with van der Waals surface area (Å²) in [6, 6.07) is 1.31. The summed E-state index contributed by atoms with van der Waals surface area (Å²) in [5.41, 5.74) is 5.52. The third-order valence-corrected chi connectivity index (χ3v) is 2.36. The lowest BCUT2D eigenvalue weighted by Crippen LogP contribution is -2.20. The summed E-state index contributed by atoms with van der Waals surface area (Å²) in [4.78, 5) is 3.77. The quantitative estimate of drug-likeness (QED) is 0.671. The molecular weight excluding hydrogens is 340 g/mol. The molecule has 0 fully saturated rings. The lowest BCUT2D eigenvalue weighted by molar-refractivity contribution is -0.275. The number of pyridine rings is 1. The van der Waals surface area contributed by atoms with E-state index in [1.165, 1.54) is 13.2 Å². The van der Waals surface area contributed by atoms with Gasteiger partial charge in [-0.3, -0.25) is 0 Å². The van der Waals surface area contributed by atoms with Crippen molar-refractivity contribution in [2.24, 2.45) is 5.73 Å². The molecule has 1 heterocycles. The second-order valence-electron chi connectivity index (χ2n) is 2.70. The standard InChI is InChI=1S/C8H8F3IN2O2/c1-15-5-2-4(3-13)6(7(12)14-5)16-8(9,10)11/h2H,3,13H2,1H3. The van der Waals surface area contributed by atoms with Gasteiger partial charge in [-0.1, -0.05) is 0 Å². The topological polar surface area (TPSA) is 57.4 Å². The predicted molar refractivity (Wildman–Crippen MR) is 58.1 cm³/mol. The Morgan fingerprint density at radius 2 is 2.12 bits per heavy atom. The van der Waals surface area contributed by atoms with Crippen molar-refractivity contribution in [3.8, 4) is 11.6 Å². The van der Waals surface area contributed by atoms with E-state index in [9.17, 15) is 13.2 Å². The smallest absolute Gasteiger partial charge is 0.481 e. The van der Waals surface area contributed by atoms with Gasteiger partial charge in [0.05, 0.1) is 7.11 Å². The van der Waals surface area contributed by atoms with Gasteiger partial charge >= 0.3 is 6.36 Å². The van der Waals surface area contributed by atoms with Gasteiger partial charge in [-0.25, -0.2) is 4.98 Å². The van der Waals surface area contributed by atoms with Gasteiger partial charge in [0, 0.05) is 18.2 Å². The molecule has 4 nitrogen and oxygen atoms in total. The molecule has 0 aliphatic heterocycles. The van der Waals surface area contributed by atoms with Crippen molar-refractivity contribution < 1.29 is 22.6 Å². The fourth-order valence-corrected chi connectivity index (χ4v) is 1.70. The van der Waals surface area contributed by atoms with Crippen LogP contribution in [0.2, 0.25) is 0 Å². The van der Waals surface area contributed by atoms with E-state index in [0.29, 0.717) is 0 Å². The second-order valence-corrected chi connectivity index (χ2v) is 3.72. The first-order valence-electron chi connectivity index (χ1n) is 4.06. The van der Waals surface area contributed by atoms with E-state index < -0.39 is 6.36 Å². The van der Waals surface area contributed by atoms with Crippen LogP contribution >= 0.6 is 22.6 Å². The van der Waals surface area contributed by atoms with E-state index >= 15 is 0 Å². The van der Waals surface area contributed by atoms with Crippen molar-refractivity contribution in [3.63, 3.8) is 0 Å². The summed E-state index contributed by atoms with van der Waals surface area (Å²) in [5, 5.41) is 0. The predicted octanol–water partition coefficient (Wildman–Crippen LogP) is 2.05. The number of halogens is 4. The first kappa shape index (κ1) is 13.3. The molecule has 0 unspecified atom stereocenters. The molecule has 0 amide bonds. The highest BCUT2D eigenvalue weighted by molar-refractivity contribution is 14.1. The van der Waals surface area contributed by atoms with Gasteiger partial charge in [-0.05, 0) is 22.6 Å². The van der Waals surface area contributed by atoms with Crippen molar-refractivity contribution in [1.29, 1.82) is 0 Å². The Morgan fingerprint density at radius 1 is 1.50 bits per heavy atom. The maximum absolute atomic E-state index is 12.1. The summed E-state index contributed by atoms with van der Waals surface area (Å²) < 4.78 is 45.0. The van der Waals surface area contributed by atoms with Crippen LogP contribution in [-0.2, 0) is 6.54 Å². The Hall–Kier alpha value is -0.770. The minimum absolute atomic E-state index is 0.0507. The molecular formula is C8H8F3IN2O2. The number of nitrogens with two attached hydrogens (primary N) is 1. The van der Waals surface area contributed by atoms with Crippen LogP contribution in [0.3, 0.4) is 0 Å². The Morgan fingerprint density at radius 3 is 2.56 bits per heavy atom. The van der Waals surface area contributed by atoms with E-state index in [1.54, 1.807) is 22.6 Å². The number of hydrogen-bond acceptors (Lipinski definition) is 4. The number of methoxy groups -OCH3 is 1. The summed E-state index contributed by atoms with van der Waals surface area (Å²) in [6.07, 6.45) is -4.76. The summed E-state index contributed by atoms with van der Waals surface area (Å²) in [5.74, 6) is -0.184. The minimum atomic E-state index is -4.76. The van der Waals surface area contributed by atoms with Gasteiger partial charge in [-0.2, -0.15) is 0 Å². The number of hydrogen-bond donors (Lipinski definition) is 1. The zero-order chi connectivity index (χ0) is 12.3. The van der Waals surface area contributed by atoms with Crippen molar-refractivity contribution in [2.45, 2.75) is 12.9 Å². The lowest BCUT2D eigenvalue weighted by atomic mass is 10.2. The molecule has 16 heavy (non-hydrogen) atoms. The molecule has 1 aromatic rings. The van der Waals surface area contributed by atoms with Crippen LogP contribution in [0, 0.1) is 3.70 Å². The number of alkyl halides is 3. The summed E-state index contributed by atoms with van der Waals surface area (Å²) >= 11 is 1.63. The summed E-state index contributed by atoms with van der Waals surface area (Å²) in [6.45, 7) is -0.0969. The van der Waals surface area contributed by atoms with Gasteiger partial charge in [0.2, 0.25) is 5.88 Å². The average molecular weight is 348 g/mol. The fourth-order valence-electron chi connectivity index (χ4n) is 1.01. The van der Waals surface area contributed by atoms with Crippen molar-refractivity contribution in [3.05, 3.63) is 15.3 Å². The number of nitrogens with zero attached hydrogens (tertiary/aromatic N) is 1. The maximum atomic E-state index is 12.1. The highest BCUT2D eigenvalue weighted by Gasteiger charge is 2.33. The average Bonchev–Trinajstić information content (AvgIpc) is 2.19. The molecule has 2 N–H and O–H groups in total. The van der Waals surface area contributed by atoms with Gasteiger partial charge in [-0.15, -0.1) is 13.2 Å². The molecule has 1 rings (SSSR count). The lowest BCUT2D eigenvalue weighted by Gasteiger charge is -2.14. The molecule has 0 saturated carbocycles. The molecule has 8 heteroatoms. The van der Waals surface area contributed by atoms with Crippen molar-refractivity contribution >= 4 is 22.6 Å². The molecule has 0 radical (unpaired) electrons. The van der Waals surface area contributed by atoms with Crippen LogP contribution in [0.15, 0.2) is 6.07 Å². The van der Waals surface area contributed by atoms with Gasteiger partial charge < -0.3 is 15.2 Å². The third-order valence-electron chi connectivity index (χ3n) is 1.63. The van der Waals surface area contributed by atoms with Gasteiger partial charge in [0.25, 0.3) is 0 Å². The van der Waals surface area contributed by atoms with Crippen molar-refractivity contribution in [1.82, 2.24) is 4.98 Å². The van der Waals surface area contributed by atoms with E-state index in [0.717, 1.165) is 0 Å². The Balaban J connectivity index is 3.16. The normalized spacial score (nSPS) is 11.4. The van der Waals surface area contributed by atoms with Gasteiger partial charge in [0.15, 0.2) is 5.75 Å². The zero-order valence-electron chi connectivity index (χ0n) is 8.14. The number of rotatable bonds is 3. The molecule has 0 aliphatic rings. The van der Waals surface area contributed by atoms with E-state index in [1.807, 2.05) is 0 Å². The molecule has 0 bridgehead atoms. The Bertz CT molecular complexity index is 384. The monoisotopic (exact) mass is 348 g/mol. The first-order valence-corrected chi connectivity index (χ1v) is 5.14. The minimum Gasteiger partial charge on any atom is -0.481 e. The van der Waals surface area contributed by atoms with Gasteiger partial charge in [0.1, 0.15) is 3.70 Å². The molecule has 0 aromatic carbocycles. The Kier molecular flexibility index (Phi) is 4.19. The summed E-state index contributed by atoms with van der Waals surface area (Å²) in [7, 11) is 1.36. The largest absolute Gasteiger partial charge is 0.573 e. The van der Waals surface area contributed by atoms with Crippen LogP contribution in [0.5, 0.6) is 11.6 Å². The van der Waals surface area contributed by atoms with Crippen LogP contribution < -0.4 is 15.2 Å². The fraction of sp³-hybridized carbons (Fsp3) is 0.375. The Labute approximate surface area is 103 Å². The zero-order valence-corrected chi connectivity index (χ0v) is 10.3. The number of ether oxygens (including phenoxy) is 2. The highest BCUT2D eigenvalue weighted by atomic mass is 127. The number of aromatic nitrogens is 1. The van der Waals surface area contributed by atoms with E-state index in [4.69, 9.17) is 10.5 Å². The van der Waals surface area contributed by atoms with E-state index in [-0.39, 0.29) is 27.4 Å². The second kappa shape index (κ2) is 5.04. The van der Waals surface area contributed by atoms with Crippen LogP contribution in [0.1, 0.15) is 5.56 Å².